The van der Waals surface area contributed by atoms with Crippen molar-refractivity contribution in [3.8, 4) is 22.4 Å². The van der Waals surface area contributed by atoms with E-state index in [1.165, 1.54) is 48.2 Å². The van der Waals surface area contributed by atoms with E-state index in [0.717, 1.165) is 35.7 Å². The fourth-order valence-corrected chi connectivity index (χ4v) is 5.01. The molecule has 0 amide bonds. The minimum absolute atomic E-state index is 0.215. The Morgan fingerprint density at radius 2 is 1.86 bits per heavy atom. The molecule has 0 spiro atoms. The summed E-state index contributed by atoms with van der Waals surface area (Å²) in [5.74, 6) is 0.540. The maximum absolute atomic E-state index is 13.5. The van der Waals surface area contributed by atoms with E-state index in [2.05, 4.69) is 46.2 Å². The number of fused-ring (bicyclic) bond motifs is 1. The summed E-state index contributed by atoms with van der Waals surface area (Å²) in [5.41, 5.74) is 7.03. The number of hydrogen-bond acceptors (Lipinski definition) is 2. The number of aromatic amines is 1. The van der Waals surface area contributed by atoms with Gasteiger partial charge >= 0.3 is 0 Å². The lowest BCUT2D eigenvalue weighted by Crippen LogP contribution is -2.35. The molecule has 2 aliphatic heterocycles. The molecule has 4 heterocycles. The lowest BCUT2D eigenvalue weighted by molar-refractivity contribution is 0.260. The Hall–Kier alpha value is -2.72. The molecule has 3 nitrogen and oxygen atoms in total. The second-order valence-electron chi connectivity index (χ2n) is 8.12. The molecular weight excluding hydrogens is 361 g/mol. The van der Waals surface area contributed by atoms with Crippen molar-refractivity contribution in [2.75, 3.05) is 13.1 Å². The summed E-state index contributed by atoms with van der Waals surface area (Å²) in [7, 11) is 0. The van der Waals surface area contributed by atoms with Gasteiger partial charge in [-0.1, -0.05) is 19.4 Å². The average molecular weight is 388 g/mol. The number of aromatic nitrogens is 2. The Labute approximate surface area is 171 Å². The van der Waals surface area contributed by atoms with Crippen LogP contribution in [0.4, 0.5) is 4.39 Å². The SMILES string of the molecule is CCC1CCN2CCC(c3c[nH]c(-c4ccc(F)cc4)c3-c3ccncc3)=C[C@H]12. The normalized spacial score (nSPS) is 21.8. The number of nitrogens with zero attached hydrogens (tertiary/aromatic N) is 2. The molecule has 5 rings (SSSR count). The predicted molar refractivity (Wildman–Crippen MR) is 116 cm³/mol. The van der Waals surface area contributed by atoms with Crippen LogP contribution in [0.25, 0.3) is 28.0 Å². The first-order valence-corrected chi connectivity index (χ1v) is 10.6. The maximum Gasteiger partial charge on any atom is 0.123 e. The molecule has 148 valence electrons. The van der Waals surface area contributed by atoms with Gasteiger partial charge in [0.25, 0.3) is 0 Å². The van der Waals surface area contributed by atoms with Gasteiger partial charge in [-0.15, -0.1) is 0 Å². The zero-order valence-electron chi connectivity index (χ0n) is 16.7. The quantitative estimate of drug-likeness (QED) is 0.616. The third kappa shape index (κ3) is 3.32. The monoisotopic (exact) mass is 387 g/mol. The van der Waals surface area contributed by atoms with Crippen LogP contribution in [-0.2, 0) is 0 Å². The Kier molecular flexibility index (Phi) is 4.80. The lowest BCUT2D eigenvalue weighted by atomic mass is 9.88. The topological polar surface area (TPSA) is 31.9 Å². The summed E-state index contributed by atoms with van der Waals surface area (Å²) in [4.78, 5) is 10.3. The van der Waals surface area contributed by atoms with Crippen LogP contribution < -0.4 is 0 Å². The molecular formula is C25H26FN3. The van der Waals surface area contributed by atoms with Crippen molar-refractivity contribution in [2.24, 2.45) is 5.92 Å². The van der Waals surface area contributed by atoms with Crippen LogP contribution in [0.1, 0.15) is 31.7 Å². The zero-order valence-corrected chi connectivity index (χ0v) is 16.7. The second-order valence-corrected chi connectivity index (χ2v) is 8.12. The Bertz CT molecular complexity index is 1020. The van der Waals surface area contributed by atoms with E-state index in [4.69, 9.17) is 0 Å². The molecule has 2 aromatic heterocycles. The molecule has 2 aliphatic rings. The van der Waals surface area contributed by atoms with Gasteiger partial charge in [-0.2, -0.15) is 0 Å². The number of rotatable bonds is 4. The third-order valence-corrected chi connectivity index (χ3v) is 6.58. The van der Waals surface area contributed by atoms with E-state index in [-0.39, 0.29) is 5.82 Å². The molecule has 0 saturated carbocycles. The molecule has 0 radical (unpaired) electrons. The van der Waals surface area contributed by atoms with E-state index in [1.807, 2.05) is 24.5 Å². The predicted octanol–water partition coefficient (Wildman–Crippen LogP) is 5.77. The summed E-state index contributed by atoms with van der Waals surface area (Å²) < 4.78 is 13.5. The first-order chi connectivity index (χ1) is 14.2. The van der Waals surface area contributed by atoms with Crippen LogP contribution in [0, 0.1) is 11.7 Å². The smallest absolute Gasteiger partial charge is 0.123 e. The maximum atomic E-state index is 13.5. The highest BCUT2D eigenvalue weighted by Gasteiger charge is 2.34. The third-order valence-electron chi connectivity index (χ3n) is 6.58. The van der Waals surface area contributed by atoms with Gasteiger partial charge in [0.15, 0.2) is 0 Å². The van der Waals surface area contributed by atoms with E-state index < -0.39 is 0 Å². The molecule has 0 aliphatic carbocycles. The molecule has 1 aromatic carbocycles. The van der Waals surface area contributed by atoms with Gasteiger partial charge in [-0.25, -0.2) is 4.39 Å². The van der Waals surface area contributed by atoms with Gasteiger partial charge in [0.2, 0.25) is 0 Å². The van der Waals surface area contributed by atoms with Crippen molar-refractivity contribution in [3.05, 3.63) is 72.4 Å². The standard InChI is InChI=1S/C25H26FN3/c1-2-17-9-13-29-14-10-20(15-23(17)29)22-16-28-25(19-3-5-21(26)6-4-19)24(22)18-7-11-27-12-8-18/h3-8,11-12,15-17,23,28H,2,9-10,13-14H2,1H3/t17?,23-/m1/s1. The van der Waals surface area contributed by atoms with Crippen molar-refractivity contribution in [1.29, 1.82) is 0 Å². The minimum Gasteiger partial charge on any atom is -0.360 e. The number of hydrogen-bond donors (Lipinski definition) is 1. The van der Waals surface area contributed by atoms with Gasteiger partial charge in [0.05, 0.1) is 5.69 Å². The van der Waals surface area contributed by atoms with E-state index in [9.17, 15) is 4.39 Å². The number of H-pyrrole nitrogens is 1. The Morgan fingerprint density at radius 3 is 2.62 bits per heavy atom. The van der Waals surface area contributed by atoms with E-state index >= 15 is 0 Å². The Morgan fingerprint density at radius 1 is 1.07 bits per heavy atom. The molecule has 3 aromatic rings. The first kappa shape index (κ1) is 18.3. The van der Waals surface area contributed by atoms with Gasteiger partial charge in [0.1, 0.15) is 5.82 Å². The molecule has 1 unspecified atom stereocenters. The summed E-state index contributed by atoms with van der Waals surface area (Å²) in [5, 5.41) is 0. The van der Waals surface area contributed by atoms with Crippen LogP contribution in [0.3, 0.4) is 0 Å². The van der Waals surface area contributed by atoms with Gasteiger partial charge in [0, 0.05) is 42.3 Å². The Balaban J connectivity index is 1.63. The van der Waals surface area contributed by atoms with Crippen LogP contribution in [0.2, 0.25) is 0 Å². The van der Waals surface area contributed by atoms with Crippen molar-refractivity contribution >= 4 is 5.57 Å². The number of pyridine rings is 1. The van der Waals surface area contributed by atoms with Crippen LogP contribution in [0.5, 0.6) is 0 Å². The molecule has 1 N–H and O–H groups in total. The highest BCUT2D eigenvalue weighted by molar-refractivity contribution is 5.91. The lowest BCUT2D eigenvalue weighted by Gasteiger charge is -2.31. The summed E-state index contributed by atoms with van der Waals surface area (Å²) >= 11 is 0. The van der Waals surface area contributed by atoms with Gasteiger partial charge in [-0.3, -0.25) is 9.88 Å². The minimum atomic E-state index is -0.215. The molecule has 4 heteroatoms. The summed E-state index contributed by atoms with van der Waals surface area (Å²) in [6.07, 6.45) is 11.9. The van der Waals surface area contributed by atoms with E-state index in [1.54, 1.807) is 0 Å². The molecule has 1 fully saturated rings. The van der Waals surface area contributed by atoms with Crippen molar-refractivity contribution in [2.45, 2.75) is 32.2 Å². The highest BCUT2D eigenvalue weighted by Crippen LogP contribution is 2.42. The van der Waals surface area contributed by atoms with Crippen LogP contribution in [0.15, 0.2) is 61.1 Å². The summed E-state index contributed by atoms with van der Waals surface area (Å²) in [6, 6.07) is 11.4. The fraction of sp³-hybridized carbons (Fsp3) is 0.320. The number of nitrogens with one attached hydrogen (secondary N) is 1. The molecule has 0 bridgehead atoms. The van der Waals surface area contributed by atoms with Crippen molar-refractivity contribution in [3.63, 3.8) is 0 Å². The summed E-state index contributed by atoms with van der Waals surface area (Å²) in [6.45, 7) is 4.65. The van der Waals surface area contributed by atoms with Gasteiger partial charge < -0.3 is 4.98 Å². The number of benzene rings is 1. The fourth-order valence-electron chi connectivity index (χ4n) is 5.01. The van der Waals surface area contributed by atoms with E-state index in [0.29, 0.717) is 6.04 Å². The highest BCUT2D eigenvalue weighted by atomic mass is 19.1. The van der Waals surface area contributed by atoms with Crippen molar-refractivity contribution in [1.82, 2.24) is 14.9 Å². The van der Waals surface area contributed by atoms with Crippen LogP contribution >= 0.6 is 0 Å². The van der Waals surface area contributed by atoms with Crippen LogP contribution in [-0.4, -0.2) is 34.0 Å². The molecule has 2 atom stereocenters. The number of halogens is 1. The van der Waals surface area contributed by atoms with Gasteiger partial charge in [-0.05, 0) is 78.4 Å². The largest absolute Gasteiger partial charge is 0.360 e. The van der Waals surface area contributed by atoms with Crippen molar-refractivity contribution < 1.29 is 4.39 Å². The molecule has 1 saturated heterocycles. The average Bonchev–Trinajstić information content (AvgIpc) is 3.38. The zero-order chi connectivity index (χ0) is 19.8. The second kappa shape index (κ2) is 7.60. The first-order valence-electron chi connectivity index (χ1n) is 10.6. The molecule has 29 heavy (non-hydrogen) atoms.